The van der Waals surface area contributed by atoms with E-state index < -0.39 is 0 Å². The van der Waals surface area contributed by atoms with Crippen LogP contribution in [0, 0.1) is 0 Å². The lowest BCUT2D eigenvalue weighted by Gasteiger charge is -2.20. The summed E-state index contributed by atoms with van der Waals surface area (Å²) in [5, 5.41) is 8.48. The van der Waals surface area contributed by atoms with Crippen LogP contribution in [0.5, 0.6) is 0 Å². The number of benzene rings is 1. The van der Waals surface area contributed by atoms with Gasteiger partial charge in [-0.1, -0.05) is 11.6 Å². The van der Waals surface area contributed by atoms with E-state index >= 15 is 0 Å². The minimum absolute atomic E-state index is 0.0984. The van der Waals surface area contributed by atoms with E-state index in [1.54, 1.807) is 15.8 Å². The molecule has 0 spiro atoms. The van der Waals surface area contributed by atoms with Crippen LogP contribution in [0.2, 0.25) is 5.02 Å². The first-order chi connectivity index (χ1) is 14.1. The number of rotatable bonds is 4. The Hall–Kier alpha value is -2.90. The van der Waals surface area contributed by atoms with Gasteiger partial charge in [-0.3, -0.25) is 4.79 Å². The molecule has 8 heteroatoms. The number of anilines is 2. The third-order valence-corrected chi connectivity index (χ3v) is 5.87. The summed E-state index contributed by atoms with van der Waals surface area (Å²) in [7, 11) is 1.99. The Morgan fingerprint density at radius 2 is 1.93 bits per heavy atom. The SMILES string of the molecule is CN[C@H]1CCN(c2ccc(N3Cc4cn(-c5ccc(Cl)cc5)nc4C3=O)cn2)C1. The number of fused-ring (bicyclic) bond motifs is 1. The fraction of sp³-hybridized carbons (Fsp3) is 0.286. The second-order valence-electron chi connectivity index (χ2n) is 7.41. The number of hydrogen-bond acceptors (Lipinski definition) is 5. The number of nitrogens with zero attached hydrogens (tertiary/aromatic N) is 5. The van der Waals surface area contributed by atoms with Crippen molar-refractivity contribution in [3.8, 4) is 5.69 Å². The predicted octanol–water partition coefficient (Wildman–Crippen LogP) is 2.88. The van der Waals surface area contributed by atoms with Crippen molar-refractivity contribution in [1.29, 1.82) is 0 Å². The molecule has 0 bridgehead atoms. The molecule has 148 valence electrons. The van der Waals surface area contributed by atoms with Crippen LogP contribution in [0.15, 0.2) is 48.8 Å². The molecule has 1 amide bonds. The normalized spacial score (nSPS) is 18.6. The highest BCUT2D eigenvalue weighted by atomic mass is 35.5. The summed E-state index contributed by atoms with van der Waals surface area (Å²) in [5.41, 5.74) is 3.06. The summed E-state index contributed by atoms with van der Waals surface area (Å²) >= 11 is 5.95. The highest BCUT2D eigenvalue weighted by molar-refractivity contribution is 6.30. The molecule has 2 aliphatic rings. The van der Waals surface area contributed by atoms with E-state index in [0.717, 1.165) is 42.3 Å². The smallest absolute Gasteiger partial charge is 0.279 e. The Balaban J connectivity index is 1.33. The Kier molecular flexibility index (Phi) is 4.49. The summed E-state index contributed by atoms with van der Waals surface area (Å²) in [4.78, 5) is 21.5. The second-order valence-corrected chi connectivity index (χ2v) is 7.85. The minimum Gasteiger partial charge on any atom is -0.355 e. The van der Waals surface area contributed by atoms with E-state index in [0.29, 0.717) is 23.3 Å². The number of amides is 1. The van der Waals surface area contributed by atoms with Crippen LogP contribution < -0.4 is 15.1 Å². The van der Waals surface area contributed by atoms with E-state index in [1.807, 2.05) is 49.6 Å². The fourth-order valence-corrected chi connectivity index (χ4v) is 4.06. The van der Waals surface area contributed by atoms with Crippen molar-refractivity contribution in [3.05, 3.63) is 65.1 Å². The molecule has 1 atom stereocenters. The zero-order chi connectivity index (χ0) is 20.0. The number of aromatic nitrogens is 3. The van der Waals surface area contributed by atoms with Crippen LogP contribution in [-0.2, 0) is 6.54 Å². The monoisotopic (exact) mass is 408 g/mol. The number of likely N-dealkylation sites (N-methyl/N-ethyl adjacent to an activating group) is 1. The van der Waals surface area contributed by atoms with Gasteiger partial charge in [0.25, 0.3) is 5.91 Å². The molecule has 1 saturated heterocycles. The van der Waals surface area contributed by atoms with Crippen LogP contribution in [0.3, 0.4) is 0 Å². The maximum atomic E-state index is 12.9. The van der Waals surface area contributed by atoms with Crippen molar-refractivity contribution in [3.63, 3.8) is 0 Å². The number of nitrogens with one attached hydrogen (secondary N) is 1. The van der Waals surface area contributed by atoms with Gasteiger partial charge >= 0.3 is 0 Å². The molecular weight excluding hydrogens is 388 g/mol. The molecule has 4 heterocycles. The maximum Gasteiger partial charge on any atom is 0.279 e. The largest absolute Gasteiger partial charge is 0.355 e. The van der Waals surface area contributed by atoms with Crippen molar-refractivity contribution in [2.45, 2.75) is 19.0 Å². The summed E-state index contributed by atoms with van der Waals surface area (Å²) in [6.45, 7) is 2.44. The van der Waals surface area contributed by atoms with Gasteiger partial charge in [-0.15, -0.1) is 0 Å². The molecule has 0 saturated carbocycles. The Morgan fingerprint density at radius 1 is 1.14 bits per heavy atom. The lowest BCUT2D eigenvalue weighted by molar-refractivity contribution is 0.0991. The lowest BCUT2D eigenvalue weighted by Crippen LogP contribution is -2.30. The van der Waals surface area contributed by atoms with Gasteiger partial charge in [0.2, 0.25) is 0 Å². The topological polar surface area (TPSA) is 66.3 Å². The molecule has 2 aromatic heterocycles. The molecule has 1 N–H and O–H groups in total. The second kappa shape index (κ2) is 7.17. The van der Waals surface area contributed by atoms with E-state index in [4.69, 9.17) is 11.6 Å². The molecule has 7 nitrogen and oxygen atoms in total. The lowest BCUT2D eigenvalue weighted by atomic mass is 10.3. The number of halogens is 1. The number of hydrogen-bond donors (Lipinski definition) is 1. The van der Waals surface area contributed by atoms with Gasteiger partial charge in [0.1, 0.15) is 5.82 Å². The van der Waals surface area contributed by atoms with Gasteiger partial charge < -0.3 is 15.1 Å². The molecule has 0 aliphatic carbocycles. The van der Waals surface area contributed by atoms with Gasteiger partial charge in [-0.25, -0.2) is 9.67 Å². The molecule has 0 radical (unpaired) electrons. The zero-order valence-corrected chi connectivity index (χ0v) is 16.8. The average molecular weight is 409 g/mol. The van der Waals surface area contributed by atoms with Crippen molar-refractivity contribution in [2.75, 3.05) is 29.9 Å². The Bertz CT molecular complexity index is 1050. The first-order valence-corrected chi connectivity index (χ1v) is 10.0. The van der Waals surface area contributed by atoms with Gasteiger partial charge in [0.15, 0.2) is 5.69 Å². The van der Waals surface area contributed by atoms with Gasteiger partial charge in [-0.05, 0) is 49.9 Å². The molecular formula is C21H21ClN6O. The maximum absolute atomic E-state index is 12.9. The Morgan fingerprint density at radius 3 is 2.59 bits per heavy atom. The van der Waals surface area contributed by atoms with E-state index in [1.165, 1.54) is 0 Å². The van der Waals surface area contributed by atoms with Gasteiger partial charge in [0.05, 0.1) is 24.1 Å². The molecule has 5 rings (SSSR count). The van der Waals surface area contributed by atoms with Crippen LogP contribution >= 0.6 is 11.6 Å². The van der Waals surface area contributed by atoms with Crippen LogP contribution in [0.1, 0.15) is 22.5 Å². The molecule has 1 fully saturated rings. The third kappa shape index (κ3) is 3.26. The van der Waals surface area contributed by atoms with E-state index in [2.05, 4.69) is 20.3 Å². The van der Waals surface area contributed by atoms with Crippen LogP contribution in [0.4, 0.5) is 11.5 Å². The highest BCUT2D eigenvalue weighted by Gasteiger charge is 2.32. The van der Waals surface area contributed by atoms with Crippen molar-refractivity contribution >= 4 is 29.0 Å². The molecule has 29 heavy (non-hydrogen) atoms. The van der Waals surface area contributed by atoms with Crippen LogP contribution in [-0.4, -0.2) is 46.9 Å². The molecule has 2 aliphatic heterocycles. The average Bonchev–Trinajstić information content (AvgIpc) is 3.45. The van der Waals surface area contributed by atoms with Gasteiger partial charge in [-0.2, -0.15) is 5.10 Å². The number of pyridine rings is 1. The summed E-state index contributed by atoms with van der Waals surface area (Å²) in [5.74, 6) is 0.850. The molecule has 1 aromatic carbocycles. The molecule has 3 aromatic rings. The van der Waals surface area contributed by atoms with Gasteiger partial charge in [0, 0.05) is 35.9 Å². The summed E-state index contributed by atoms with van der Waals surface area (Å²) in [6.07, 6.45) is 4.79. The van der Waals surface area contributed by atoms with Crippen LogP contribution in [0.25, 0.3) is 5.69 Å². The van der Waals surface area contributed by atoms with E-state index in [9.17, 15) is 4.79 Å². The quantitative estimate of drug-likeness (QED) is 0.719. The summed E-state index contributed by atoms with van der Waals surface area (Å²) in [6, 6.07) is 11.8. The molecule has 0 unspecified atom stereocenters. The Labute approximate surface area is 173 Å². The third-order valence-electron chi connectivity index (χ3n) is 5.62. The summed E-state index contributed by atoms with van der Waals surface area (Å²) < 4.78 is 1.73. The number of carbonyl (C=O) groups is 1. The number of carbonyl (C=O) groups excluding carboxylic acids is 1. The standard InChI is InChI=1S/C21H21ClN6O/c1-23-16-8-9-26(13-16)19-7-6-18(10-24-19)27-11-14-12-28(25-20(14)21(27)29)17-4-2-15(22)3-5-17/h2-7,10,12,16,23H,8-9,11,13H2,1H3/t16-/m0/s1. The van der Waals surface area contributed by atoms with Crippen molar-refractivity contribution in [2.24, 2.45) is 0 Å². The first kappa shape index (κ1) is 18.1. The first-order valence-electron chi connectivity index (χ1n) is 9.67. The van der Waals surface area contributed by atoms with Crippen molar-refractivity contribution in [1.82, 2.24) is 20.1 Å². The predicted molar refractivity (Wildman–Crippen MR) is 113 cm³/mol. The highest BCUT2D eigenvalue weighted by Crippen LogP contribution is 2.29. The zero-order valence-electron chi connectivity index (χ0n) is 16.0. The van der Waals surface area contributed by atoms with Crippen molar-refractivity contribution < 1.29 is 4.79 Å². The van der Waals surface area contributed by atoms with E-state index in [-0.39, 0.29) is 5.91 Å². The fourth-order valence-electron chi connectivity index (χ4n) is 3.94. The minimum atomic E-state index is -0.0984.